The molecule has 0 atom stereocenters. The first kappa shape index (κ1) is 12.4. The van der Waals surface area contributed by atoms with Gasteiger partial charge < -0.3 is 15.5 Å². The Balaban J connectivity index is 2.35. The van der Waals surface area contributed by atoms with E-state index in [2.05, 4.69) is 11.9 Å². The van der Waals surface area contributed by atoms with Gasteiger partial charge in [-0.15, -0.1) is 11.8 Å². The van der Waals surface area contributed by atoms with Gasteiger partial charge in [0.05, 0.1) is 0 Å². The third kappa shape index (κ3) is 3.86. The van der Waals surface area contributed by atoms with Crippen LogP contribution in [0.4, 0.5) is 0 Å². The Morgan fingerprint density at radius 2 is 2.19 bits per heavy atom. The summed E-state index contributed by atoms with van der Waals surface area (Å²) >= 11 is 1.48. The summed E-state index contributed by atoms with van der Waals surface area (Å²) in [5.41, 5.74) is 0. The second-order valence-corrected chi connectivity index (χ2v) is 4.16. The second-order valence-electron chi connectivity index (χ2n) is 2.99. The molecule has 0 aliphatic heterocycles. The summed E-state index contributed by atoms with van der Waals surface area (Å²) in [7, 11) is 0. The fraction of sp³-hybridized carbons (Fsp3) is 0.182. The molecule has 86 valence electrons. The maximum atomic E-state index is 10.8. The van der Waals surface area contributed by atoms with Crippen LogP contribution < -0.4 is 5.32 Å². The number of hydrogen-bond donors (Lipinski definition) is 3. The lowest BCUT2D eigenvalue weighted by molar-refractivity contribution is -0.116. The van der Waals surface area contributed by atoms with Crippen molar-refractivity contribution < 1.29 is 15.0 Å². The molecule has 0 unspecified atom stereocenters. The Kier molecular flexibility index (Phi) is 4.72. The first-order valence-electron chi connectivity index (χ1n) is 4.68. The summed E-state index contributed by atoms with van der Waals surface area (Å²) in [5.74, 6) is 0.211. The van der Waals surface area contributed by atoms with Crippen LogP contribution in [0.5, 0.6) is 11.5 Å². The van der Waals surface area contributed by atoms with Gasteiger partial charge in [0.1, 0.15) is 0 Å². The van der Waals surface area contributed by atoms with Crippen molar-refractivity contribution in [1.82, 2.24) is 5.32 Å². The number of phenolic OH excluding ortho intramolecular Hbond substituents is 2. The zero-order valence-electron chi connectivity index (χ0n) is 8.64. The predicted molar refractivity (Wildman–Crippen MR) is 63.7 cm³/mol. The minimum Gasteiger partial charge on any atom is -0.504 e. The number of carbonyl (C=O) groups excluding carboxylic acids is 1. The van der Waals surface area contributed by atoms with Crippen molar-refractivity contribution in [1.29, 1.82) is 0 Å². The number of phenols is 2. The molecular formula is C11H13NO3S. The lowest BCUT2D eigenvalue weighted by Crippen LogP contribution is -2.23. The Bertz CT molecular complexity index is 393. The lowest BCUT2D eigenvalue weighted by Gasteiger charge is -2.04. The summed E-state index contributed by atoms with van der Waals surface area (Å²) < 4.78 is 0. The minimum atomic E-state index is -0.200. The van der Waals surface area contributed by atoms with Gasteiger partial charge in [0.2, 0.25) is 5.91 Å². The van der Waals surface area contributed by atoms with E-state index in [4.69, 9.17) is 5.11 Å². The molecular weight excluding hydrogens is 226 g/mol. The standard InChI is InChI=1S/C11H13NO3S/c1-2-11(15)12-5-6-16-8-3-4-9(13)10(14)7-8/h2-4,7,13-14H,1,5-6H2,(H,12,15). The Hall–Kier alpha value is -1.62. The molecule has 16 heavy (non-hydrogen) atoms. The average molecular weight is 239 g/mol. The summed E-state index contributed by atoms with van der Waals surface area (Å²) in [4.78, 5) is 11.6. The fourth-order valence-electron chi connectivity index (χ4n) is 1.01. The van der Waals surface area contributed by atoms with Gasteiger partial charge in [0, 0.05) is 17.2 Å². The monoisotopic (exact) mass is 239 g/mol. The van der Waals surface area contributed by atoms with Crippen molar-refractivity contribution in [3.05, 3.63) is 30.9 Å². The van der Waals surface area contributed by atoms with Crippen LogP contribution in [-0.2, 0) is 4.79 Å². The average Bonchev–Trinajstić information content (AvgIpc) is 2.28. The molecule has 0 saturated heterocycles. The molecule has 0 aliphatic carbocycles. The summed E-state index contributed by atoms with van der Waals surface area (Å²) in [6.45, 7) is 3.86. The Morgan fingerprint density at radius 1 is 1.44 bits per heavy atom. The molecule has 0 bridgehead atoms. The van der Waals surface area contributed by atoms with Gasteiger partial charge in [-0.2, -0.15) is 0 Å². The fourth-order valence-corrected chi connectivity index (χ4v) is 1.81. The highest BCUT2D eigenvalue weighted by Crippen LogP contribution is 2.29. The molecule has 0 aliphatic rings. The quantitative estimate of drug-likeness (QED) is 0.315. The van der Waals surface area contributed by atoms with Gasteiger partial charge >= 0.3 is 0 Å². The van der Waals surface area contributed by atoms with E-state index < -0.39 is 0 Å². The predicted octanol–water partition coefficient (Wildman–Crippen LogP) is 1.49. The molecule has 0 saturated carbocycles. The van der Waals surface area contributed by atoms with Crippen molar-refractivity contribution in [2.24, 2.45) is 0 Å². The van der Waals surface area contributed by atoms with Gasteiger partial charge in [-0.05, 0) is 24.3 Å². The molecule has 3 N–H and O–H groups in total. The van der Waals surface area contributed by atoms with Gasteiger partial charge in [-0.3, -0.25) is 4.79 Å². The first-order valence-corrected chi connectivity index (χ1v) is 5.67. The molecule has 1 amide bonds. The SMILES string of the molecule is C=CC(=O)NCCSc1ccc(O)c(O)c1. The molecule has 1 rings (SSSR count). The molecule has 0 heterocycles. The molecule has 5 heteroatoms. The van der Waals surface area contributed by atoms with Crippen LogP contribution in [0.1, 0.15) is 0 Å². The molecule has 0 aromatic heterocycles. The van der Waals surface area contributed by atoms with Crippen LogP contribution in [0.2, 0.25) is 0 Å². The largest absolute Gasteiger partial charge is 0.504 e. The van der Waals surface area contributed by atoms with Crippen molar-refractivity contribution in [3.63, 3.8) is 0 Å². The Morgan fingerprint density at radius 3 is 2.81 bits per heavy atom. The van der Waals surface area contributed by atoms with Crippen molar-refractivity contribution in [3.8, 4) is 11.5 Å². The molecule has 0 radical (unpaired) electrons. The zero-order valence-corrected chi connectivity index (χ0v) is 9.46. The highest BCUT2D eigenvalue weighted by atomic mass is 32.2. The van der Waals surface area contributed by atoms with Crippen molar-refractivity contribution in [2.45, 2.75) is 4.90 Å². The van der Waals surface area contributed by atoms with Crippen molar-refractivity contribution >= 4 is 17.7 Å². The first-order chi connectivity index (χ1) is 7.63. The minimum absolute atomic E-state index is 0.135. The number of rotatable bonds is 5. The lowest BCUT2D eigenvalue weighted by atomic mass is 10.3. The highest BCUT2D eigenvalue weighted by molar-refractivity contribution is 7.99. The van der Waals surface area contributed by atoms with E-state index in [9.17, 15) is 9.90 Å². The van der Waals surface area contributed by atoms with Crippen LogP contribution in [0.25, 0.3) is 0 Å². The van der Waals surface area contributed by atoms with E-state index in [1.54, 1.807) is 6.07 Å². The van der Waals surface area contributed by atoms with Crippen LogP contribution in [-0.4, -0.2) is 28.4 Å². The summed E-state index contributed by atoms with van der Waals surface area (Å²) in [6.07, 6.45) is 1.22. The van der Waals surface area contributed by atoms with E-state index in [-0.39, 0.29) is 17.4 Å². The zero-order chi connectivity index (χ0) is 12.0. The number of nitrogens with one attached hydrogen (secondary N) is 1. The maximum absolute atomic E-state index is 10.8. The van der Waals surface area contributed by atoms with E-state index >= 15 is 0 Å². The van der Waals surface area contributed by atoms with Gasteiger partial charge in [-0.1, -0.05) is 6.58 Å². The normalized spacial score (nSPS) is 9.75. The number of benzene rings is 1. The van der Waals surface area contributed by atoms with Gasteiger partial charge in [0.15, 0.2) is 11.5 Å². The molecule has 0 spiro atoms. The van der Waals surface area contributed by atoms with E-state index in [0.29, 0.717) is 12.3 Å². The van der Waals surface area contributed by atoms with Crippen molar-refractivity contribution in [2.75, 3.05) is 12.3 Å². The van der Waals surface area contributed by atoms with Crippen LogP contribution in [0, 0.1) is 0 Å². The Labute approximate surface area is 98.0 Å². The number of carbonyl (C=O) groups is 1. The molecule has 1 aromatic rings. The maximum Gasteiger partial charge on any atom is 0.243 e. The summed E-state index contributed by atoms with van der Waals surface area (Å²) in [5, 5.41) is 21.0. The van der Waals surface area contributed by atoms with E-state index in [0.717, 1.165) is 4.90 Å². The van der Waals surface area contributed by atoms with E-state index in [1.165, 1.54) is 30.0 Å². The third-order valence-corrected chi connectivity index (χ3v) is 2.80. The van der Waals surface area contributed by atoms with E-state index in [1.807, 2.05) is 0 Å². The topological polar surface area (TPSA) is 69.6 Å². The van der Waals surface area contributed by atoms with Crippen LogP contribution in [0.3, 0.4) is 0 Å². The summed E-state index contributed by atoms with van der Waals surface area (Å²) in [6, 6.07) is 4.62. The third-order valence-electron chi connectivity index (χ3n) is 1.80. The molecule has 1 aromatic carbocycles. The van der Waals surface area contributed by atoms with Crippen LogP contribution in [0.15, 0.2) is 35.7 Å². The number of hydrogen-bond acceptors (Lipinski definition) is 4. The molecule has 0 fully saturated rings. The number of amides is 1. The number of aromatic hydroxyl groups is 2. The van der Waals surface area contributed by atoms with Crippen LogP contribution >= 0.6 is 11.8 Å². The second kappa shape index (κ2) is 6.07. The van der Waals surface area contributed by atoms with Gasteiger partial charge in [0.25, 0.3) is 0 Å². The smallest absolute Gasteiger partial charge is 0.243 e. The molecule has 4 nitrogen and oxygen atoms in total. The highest BCUT2D eigenvalue weighted by Gasteiger charge is 2.01. The van der Waals surface area contributed by atoms with Gasteiger partial charge in [-0.25, -0.2) is 0 Å². The number of thioether (sulfide) groups is 1.